The van der Waals surface area contributed by atoms with E-state index in [2.05, 4.69) is 46.0 Å². The summed E-state index contributed by atoms with van der Waals surface area (Å²) in [6.07, 6.45) is 1.25. The number of rotatable bonds is 5. The first kappa shape index (κ1) is 15.1. The van der Waals surface area contributed by atoms with Crippen LogP contribution in [0.5, 0.6) is 0 Å². The van der Waals surface area contributed by atoms with E-state index in [1.807, 2.05) is 0 Å². The highest BCUT2D eigenvalue weighted by molar-refractivity contribution is 5.32. The normalized spacial score (nSPS) is 19.2. The van der Waals surface area contributed by atoms with Gasteiger partial charge in [0, 0.05) is 44.8 Å². The minimum Gasteiger partial charge on any atom is -0.368 e. The van der Waals surface area contributed by atoms with E-state index in [1.54, 1.807) is 0 Å². The first-order chi connectivity index (χ1) is 9.56. The first-order valence-electron chi connectivity index (χ1n) is 7.20. The predicted molar refractivity (Wildman–Crippen MR) is 78.2 cm³/mol. The average Bonchev–Trinajstić information content (AvgIpc) is 2.41. The molecule has 1 fully saturated rings. The molecule has 0 aromatic carbocycles. The number of nitrogens with one attached hydrogen (secondary N) is 1. The Morgan fingerprint density at radius 1 is 1.25 bits per heavy atom. The summed E-state index contributed by atoms with van der Waals surface area (Å²) in [5.41, 5.74) is 0. The zero-order valence-corrected chi connectivity index (χ0v) is 12.5. The lowest BCUT2D eigenvalue weighted by atomic mass is 10.0. The fraction of sp³-hybridized carbons (Fsp3) is 0.714. The molecule has 0 spiro atoms. The Morgan fingerprint density at radius 2 is 1.95 bits per heavy atom. The minimum absolute atomic E-state index is 0.432. The SMILES string of the molecule is CC(C)C(CNc1cc(F)ncn1)N1CCN(C)CC1. The second-order valence-corrected chi connectivity index (χ2v) is 5.76. The Balaban J connectivity index is 1.92. The van der Waals surface area contributed by atoms with Crippen LogP contribution in [0.2, 0.25) is 0 Å². The van der Waals surface area contributed by atoms with Crippen molar-refractivity contribution < 1.29 is 4.39 Å². The summed E-state index contributed by atoms with van der Waals surface area (Å²) in [5.74, 6) is 0.595. The van der Waals surface area contributed by atoms with Crippen LogP contribution in [0.3, 0.4) is 0 Å². The van der Waals surface area contributed by atoms with Gasteiger partial charge in [-0.25, -0.2) is 9.97 Å². The van der Waals surface area contributed by atoms with Gasteiger partial charge in [-0.1, -0.05) is 13.8 Å². The van der Waals surface area contributed by atoms with Gasteiger partial charge in [-0.05, 0) is 13.0 Å². The lowest BCUT2D eigenvalue weighted by Crippen LogP contribution is -2.52. The van der Waals surface area contributed by atoms with Crippen molar-refractivity contribution in [1.82, 2.24) is 19.8 Å². The molecule has 20 heavy (non-hydrogen) atoms. The molecule has 6 heteroatoms. The van der Waals surface area contributed by atoms with Crippen LogP contribution in [0, 0.1) is 11.9 Å². The Kier molecular flexibility index (Phi) is 5.25. The number of halogens is 1. The molecule has 112 valence electrons. The Labute approximate surface area is 120 Å². The van der Waals surface area contributed by atoms with E-state index in [4.69, 9.17) is 0 Å². The quantitative estimate of drug-likeness (QED) is 0.824. The molecular weight excluding hydrogens is 257 g/mol. The van der Waals surface area contributed by atoms with Crippen LogP contribution < -0.4 is 5.32 Å². The number of hydrogen-bond donors (Lipinski definition) is 1. The van der Waals surface area contributed by atoms with Crippen molar-refractivity contribution in [2.75, 3.05) is 45.1 Å². The third-order valence-corrected chi connectivity index (χ3v) is 3.90. The molecule has 0 radical (unpaired) electrons. The van der Waals surface area contributed by atoms with Crippen LogP contribution in [0.25, 0.3) is 0 Å². The molecule has 0 amide bonds. The van der Waals surface area contributed by atoms with Gasteiger partial charge in [0.1, 0.15) is 12.1 Å². The van der Waals surface area contributed by atoms with Crippen molar-refractivity contribution in [3.63, 3.8) is 0 Å². The number of likely N-dealkylation sites (N-methyl/N-ethyl adjacent to an activating group) is 1. The standard InChI is InChI=1S/C14H24FN5/c1-11(2)12(20-6-4-19(3)5-7-20)9-16-14-8-13(15)17-10-18-14/h8,10-12H,4-7,9H2,1-3H3,(H,16,17,18). The molecule has 2 rings (SSSR count). The van der Waals surface area contributed by atoms with Gasteiger partial charge in [0.15, 0.2) is 0 Å². The molecule has 0 aliphatic carbocycles. The van der Waals surface area contributed by atoms with Crippen LogP contribution >= 0.6 is 0 Å². The molecule has 1 unspecified atom stereocenters. The van der Waals surface area contributed by atoms with E-state index in [-0.39, 0.29) is 0 Å². The van der Waals surface area contributed by atoms with Gasteiger partial charge in [0.05, 0.1) is 0 Å². The maximum absolute atomic E-state index is 13.0. The van der Waals surface area contributed by atoms with Crippen LogP contribution in [0.1, 0.15) is 13.8 Å². The maximum Gasteiger partial charge on any atom is 0.217 e. The zero-order chi connectivity index (χ0) is 14.5. The van der Waals surface area contributed by atoms with Gasteiger partial charge in [0.2, 0.25) is 5.95 Å². The predicted octanol–water partition coefficient (Wildman–Crippen LogP) is 1.30. The molecule has 1 aromatic rings. The minimum atomic E-state index is -0.497. The molecule has 1 aliphatic rings. The summed E-state index contributed by atoms with van der Waals surface area (Å²) in [6.45, 7) is 9.60. The molecule has 1 N–H and O–H groups in total. The number of hydrogen-bond acceptors (Lipinski definition) is 5. The third kappa shape index (κ3) is 4.11. The lowest BCUT2D eigenvalue weighted by molar-refractivity contribution is 0.0944. The van der Waals surface area contributed by atoms with Crippen molar-refractivity contribution in [2.24, 2.45) is 5.92 Å². The smallest absolute Gasteiger partial charge is 0.217 e. The van der Waals surface area contributed by atoms with Crippen molar-refractivity contribution in [3.8, 4) is 0 Å². The van der Waals surface area contributed by atoms with Crippen LogP contribution in [0.15, 0.2) is 12.4 Å². The van der Waals surface area contributed by atoms with Gasteiger partial charge < -0.3 is 10.2 Å². The number of aromatic nitrogens is 2. The largest absolute Gasteiger partial charge is 0.368 e. The zero-order valence-electron chi connectivity index (χ0n) is 12.5. The fourth-order valence-corrected chi connectivity index (χ4v) is 2.58. The van der Waals surface area contributed by atoms with E-state index in [0.717, 1.165) is 32.7 Å². The Hall–Kier alpha value is -1.27. The van der Waals surface area contributed by atoms with Crippen molar-refractivity contribution in [3.05, 3.63) is 18.3 Å². The summed E-state index contributed by atoms with van der Waals surface area (Å²) >= 11 is 0. The van der Waals surface area contributed by atoms with E-state index >= 15 is 0 Å². The Morgan fingerprint density at radius 3 is 2.55 bits per heavy atom. The second kappa shape index (κ2) is 6.95. The lowest BCUT2D eigenvalue weighted by Gasteiger charge is -2.40. The summed E-state index contributed by atoms with van der Waals surface area (Å²) in [6, 6.07) is 1.77. The highest BCUT2D eigenvalue weighted by Gasteiger charge is 2.24. The second-order valence-electron chi connectivity index (χ2n) is 5.76. The monoisotopic (exact) mass is 281 g/mol. The summed E-state index contributed by atoms with van der Waals surface area (Å²) in [5, 5.41) is 3.23. The van der Waals surface area contributed by atoms with Crippen molar-refractivity contribution in [2.45, 2.75) is 19.9 Å². The van der Waals surface area contributed by atoms with Crippen LogP contribution in [-0.4, -0.2) is 65.6 Å². The average molecular weight is 281 g/mol. The number of anilines is 1. The van der Waals surface area contributed by atoms with E-state index < -0.39 is 5.95 Å². The molecular formula is C14H24FN5. The summed E-state index contributed by atoms with van der Waals surface area (Å²) in [7, 11) is 2.16. The summed E-state index contributed by atoms with van der Waals surface area (Å²) < 4.78 is 13.0. The van der Waals surface area contributed by atoms with Crippen LogP contribution in [0.4, 0.5) is 10.2 Å². The van der Waals surface area contributed by atoms with Gasteiger partial charge in [0.25, 0.3) is 0 Å². The molecule has 2 heterocycles. The van der Waals surface area contributed by atoms with Gasteiger partial charge in [-0.3, -0.25) is 4.90 Å². The van der Waals surface area contributed by atoms with Gasteiger partial charge in [-0.2, -0.15) is 4.39 Å². The maximum atomic E-state index is 13.0. The molecule has 1 saturated heterocycles. The molecule has 1 aromatic heterocycles. The van der Waals surface area contributed by atoms with Crippen LogP contribution in [-0.2, 0) is 0 Å². The molecule has 0 saturated carbocycles. The van der Waals surface area contributed by atoms with Gasteiger partial charge in [-0.15, -0.1) is 0 Å². The van der Waals surface area contributed by atoms with E-state index in [9.17, 15) is 4.39 Å². The molecule has 1 aliphatic heterocycles. The molecule has 1 atom stereocenters. The third-order valence-electron chi connectivity index (χ3n) is 3.90. The number of nitrogens with zero attached hydrogens (tertiary/aromatic N) is 4. The molecule has 5 nitrogen and oxygen atoms in total. The first-order valence-corrected chi connectivity index (χ1v) is 7.20. The van der Waals surface area contributed by atoms with E-state index in [1.165, 1.54) is 12.4 Å². The highest BCUT2D eigenvalue weighted by atomic mass is 19.1. The van der Waals surface area contributed by atoms with Crippen molar-refractivity contribution in [1.29, 1.82) is 0 Å². The Bertz CT molecular complexity index is 418. The number of piperazine rings is 1. The van der Waals surface area contributed by atoms with Gasteiger partial charge >= 0.3 is 0 Å². The van der Waals surface area contributed by atoms with Crippen molar-refractivity contribution >= 4 is 5.82 Å². The fourth-order valence-electron chi connectivity index (χ4n) is 2.58. The topological polar surface area (TPSA) is 44.3 Å². The molecule has 0 bridgehead atoms. The highest BCUT2D eigenvalue weighted by Crippen LogP contribution is 2.14. The van der Waals surface area contributed by atoms with E-state index in [0.29, 0.717) is 17.8 Å². The summed E-state index contributed by atoms with van der Waals surface area (Å²) in [4.78, 5) is 12.4.